The molecule has 0 aliphatic heterocycles. The zero-order valence-corrected chi connectivity index (χ0v) is 23.7. The number of H-pyrrole nitrogens is 2. The van der Waals surface area contributed by atoms with E-state index in [0.717, 1.165) is 46.6 Å². The smallest absolute Gasteiger partial charge is 0.227 e. The molecule has 13 heteroatoms. The van der Waals surface area contributed by atoms with Gasteiger partial charge in [-0.3, -0.25) is 14.9 Å². The number of aromatic nitrogens is 6. The number of aromatic amines is 2. The first-order valence-electron chi connectivity index (χ1n) is 13.5. The molecule has 5 heterocycles. The second-order valence-electron chi connectivity index (χ2n) is 10.7. The van der Waals surface area contributed by atoms with Crippen molar-refractivity contribution in [3.8, 4) is 33.6 Å². The summed E-state index contributed by atoms with van der Waals surface area (Å²) < 4.78 is 40.1. The van der Waals surface area contributed by atoms with E-state index in [2.05, 4.69) is 40.2 Å². The number of hydrogen-bond donors (Lipinski definition) is 4. The summed E-state index contributed by atoms with van der Waals surface area (Å²) in [6.07, 6.45) is 9.57. The Bertz CT molecular complexity index is 2150. The Balaban J connectivity index is 1.25. The molecule has 1 fully saturated rings. The number of nitrogens with one attached hydrogen (secondary N) is 4. The Labute approximate surface area is 245 Å². The first kappa shape index (κ1) is 26.9. The molecule has 1 aromatic carbocycles. The SMILES string of the molecule is CS(=O)(=O)NCc1cc(F)cc(-c2ccnc3[nH]c(-c4[nH]nc5ncc(-c6cncc(NC(=O)C7CC7)c6)cc45)cc23)c1. The monoisotopic (exact) mass is 596 g/mol. The third kappa shape index (κ3) is 5.59. The standard InChI is InChI=1S/C30H25FN8O3S/c1-43(41,42)35-12-16-6-18(8-21(31)7-16)23-4-5-33-28-24(23)11-26(37-28)27-25-10-20(14-34-29(25)39-38-27)19-9-22(15-32-13-19)36-30(40)17-2-3-17/h4-11,13-15,17,35H,2-3,12H2,1H3,(H,33,37)(H,36,40)(H,34,38,39). The van der Waals surface area contributed by atoms with Crippen LogP contribution in [0, 0.1) is 11.7 Å². The first-order valence-corrected chi connectivity index (χ1v) is 15.4. The van der Waals surface area contributed by atoms with Gasteiger partial charge >= 0.3 is 0 Å². The molecule has 1 aliphatic carbocycles. The molecular formula is C30H25FN8O3S. The van der Waals surface area contributed by atoms with Crippen molar-refractivity contribution in [2.45, 2.75) is 19.4 Å². The Hall–Kier alpha value is -5.01. The lowest BCUT2D eigenvalue weighted by atomic mass is 10.0. The van der Waals surface area contributed by atoms with E-state index in [-0.39, 0.29) is 18.4 Å². The highest BCUT2D eigenvalue weighted by molar-refractivity contribution is 7.88. The van der Waals surface area contributed by atoms with Crippen molar-refractivity contribution in [3.63, 3.8) is 0 Å². The van der Waals surface area contributed by atoms with Gasteiger partial charge in [-0.2, -0.15) is 5.10 Å². The summed E-state index contributed by atoms with van der Waals surface area (Å²) >= 11 is 0. The summed E-state index contributed by atoms with van der Waals surface area (Å²) in [5, 5.41) is 11.9. The second kappa shape index (κ2) is 10.4. The minimum Gasteiger partial charge on any atom is -0.338 e. The Morgan fingerprint density at radius 3 is 2.65 bits per heavy atom. The lowest BCUT2D eigenvalue weighted by Gasteiger charge is -2.08. The lowest BCUT2D eigenvalue weighted by Crippen LogP contribution is -2.21. The van der Waals surface area contributed by atoms with Crippen LogP contribution in [0.4, 0.5) is 10.1 Å². The van der Waals surface area contributed by atoms with Crippen LogP contribution < -0.4 is 10.0 Å². The van der Waals surface area contributed by atoms with E-state index < -0.39 is 15.8 Å². The van der Waals surface area contributed by atoms with Crippen LogP contribution in [0.5, 0.6) is 0 Å². The van der Waals surface area contributed by atoms with Gasteiger partial charge < -0.3 is 10.3 Å². The van der Waals surface area contributed by atoms with Gasteiger partial charge in [0.25, 0.3) is 0 Å². The molecule has 0 bridgehead atoms. The molecule has 0 unspecified atom stereocenters. The van der Waals surface area contributed by atoms with E-state index in [1.807, 2.05) is 18.2 Å². The van der Waals surface area contributed by atoms with E-state index in [4.69, 9.17) is 0 Å². The van der Waals surface area contributed by atoms with E-state index in [0.29, 0.717) is 39.5 Å². The number of carbonyl (C=O) groups excluding carboxylic acids is 1. The normalized spacial score (nSPS) is 13.5. The molecule has 43 heavy (non-hydrogen) atoms. The zero-order valence-electron chi connectivity index (χ0n) is 22.8. The van der Waals surface area contributed by atoms with Crippen molar-refractivity contribution >= 4 is 43.7 Å². The zero-order chi connectivity index (χ0) is 29.7. The van der Waals surface area contributed by atoms with Crippen molar-refractivity contribution in [2.75, 3.05) is 11.6 Å². The topological polar surface area (TPSA) is 158 Å². The molecule has 6 aromatic rings. The molecule has 1 saturated carbocycles. The number of rotatable bonds is 8. The van der Waals surface area contributed by atoms with Gasteiger partial charge in [0.1, 0.15) is 11.5 Å². The Kier molecular flexibility index (Phi) is 6.47. The number of nitrogens with zero attached hydrogens (tertiary/aromatic N) is 4. The van der Waals surface area contributed by atoms with Crippen LogP contribution in [-0.2, 0) is 21.4 Å². The molecule has 1 aliphatic rings. The van der Waals surface area contributed by atoms with Crippen LogP contribution in [0.3, 0.4) is 0 Å². The Morgan fingerprint density at radius 2 is 1.84 bits per heavy atom. The summed E-state index contributed by atoms with van der Waals surface area (Å²) in [6.45, 7) is -0.0308. The number of pyridine rings is 3. The molecule has 0 atom stereocenters. The van der Waals surface area contributed by atoms with E-state index >= 15 is 0 Å². The highest BCUT2D eigenvalue weighted by Crippen LogP contribution is 2.35. The fourth-order valence-electron chi connectivity index (χ4n) is 5.05. The van der Waals surface area contributed by atoms with E-state index in [9.17, 15) is 17.6 Å². The van der Waals surface area contributed by atoms with Crippen LogP contribution >= 0.6 is 0 Å². The predicted octanol–water partition coefficient (Wildman–Crippen LogP) is 4.77. The van der Waals surface area contributed by atoms with Gasteiger partial charge in [-0.15, -0.1) is 0 Å². The maximum Gasteiger partial charge on any atom is 0.227 e. The van der Waals surface area contributed by atoms with Crippen molar-refractivity contribution in [2.24, 2.45) is 5.92 Å². The van der Waals surface area contributed by atoms with Gasteiger partial charge in [-0.25, -0.2) is 27.5 Å². The number of halogens is 1. The van der Waals surface area contributed by atoms with Gasteiger partial charge in [-0.05, 0) is 72.0 Å². The van der Waals surface area contributed by atoms with E-state index in [1.54, 1.807) is 36.9 Å². The minimum absolute atomic E-state index is 0.0106. The Morgan fingerprint density at radius 1 is 1.00 bits per heavy atom. The average molecular weight is 597 g/mol. The van der Waals surface area contributed by atoms with Crippen LogP contribution in [0.1, 0.15) is 18.4 Å². The summed E-state index contributed by atoms with van der Waals surface area (Å²) in [4.78, 5) is 28.9. The number of sulfonamides is 1. The van der Waals surface area contributed by atoms with Crippen LogP contribution in [0.25, 0.3) is 55.7 Å². The lowest BCUT2D eigenvalue weighted by molar-refractivity contribution is -0.117. The third-order valence-electron chi connectivity index (χ3n) is 7.31. The van der Waals surface area contributed by atoms with Crippen LogP contribution in [0.15, 0.2) is 67.3 Å². The van der Waals surface area contributed by atoms with Crippen LogP contribution in [-0.4, -0.2) is 50.7 Å². The quantitative estimate of drug-likeness (QED) is 0.197. The van der Waals surface area contributed by atoms with Crippen molar-refractivity contribution in [3.05, 3.63) is 78.6 Å². The van der Waals surface area contributed by atoms with Gasteiger partial charge in [0.15, 0.2) is 5.65 Å². The maximum absolute atomic E-state index is 14.6. The number of amides is 1. The molecule has 7 rings (SSSR count). The largest absolute Gasteiger partial charge is 0.338 e. The molecule has 0 spiro atoms. The summed E-state index contributed by atoms with van der Waals surface area (Å²) in [6, 6.07) is 12.0. The second-order valence-corrected chi connectivity index (χ2v) is 12.5. The maximum atomic E-state index is 14.6. The van der Waals surface area contributed by atoms with Crippen molar-refractivity contribution < 1.29 is 17.6 Å². The molecular weight excluding hydrogens is 571 g/mol. The predicted molar refractivity (Wildman–Crippen MR) is 161 cm³/mol. The number of hydrogen-bond acceptors (Lipinski definition) is 7. The first-order chi connectivity index (χ1) is 20.7. The third-order valence-corrected chi connectivity index (χ3v) is 7.97. The molecule has 216 valence electrons. The molecule has 4 N–H and O–H groups in total. The highest BCUT2D eigenvalue weighted by atomic mass is 32.2. The number of benzene rings is 1. The summed E-state index contributed by atoms with van der Waals surface area (Å²) in [7, 11) is -3.44. The summed E-state index contributed by atoms with van der Waals surface area (Å²) in [5.41, 5.74) is 6.53. The van der Waals surface area contributed by atoms with Crippen molar-refractivity contribution in [1.29, 1.82) is 0 Å². The highest BCUT2D eigenvalue weighted by Gasteiger charge is 2.29. The fourth-order valence-corrected chi connectivity index (χ4v) is 5.48. The fraction of sp³-hybridized carbons (Fsp3) is 0.167. The van der Waals surface area contributed by atoms with Gasteiger partial charge in [0.2, 0.25) is 15.9 Å². The average Bonchev–Trinajstić information content (AvgIpc) is 3.61. The van der Waals surface area contributed by atoms with Gasteiger partial charge in [-0.1, -0.05) is 0 Å². The minimum atomic E-state index is -3.44. The molecule has 0 radical (unpaired) electrons. The molecule has 5 aromatic heterocycles. The molecule has 0 saturated heterocycles. The molecule has 1 amide bonds. The van der Waals surface area contributed by atoms with Crippen molar-refractivity contribution in [1.82, 2.24) is 34.9 Å². The summed E-state index contributed by atoms with van der Waals surface area (Å²) in [5.74, 6) is -0.384. The van der Waals surface area contributed by atoms with E-state index in [1.165, 1.54) is 12.1 Å². The van der Waals surface area contributed by atoms with Gasteiger partial charge in [0, 0.05) is 53.0 Å². The number of carbonyl (C=O) groups is 1. The number of anilines is 1. The van der Waals surface area contributed by atoms with Crippen LogP contribution in [0.2, 0.25) is 0 Å². The van der Waals surface area contributed by atoms with Gasteiger partial charge in [0.05, 0.1) is 29.5 Å². The molecule has 11 nitrogen and oxygen atoms in total. The number of fused-ring (bicyclic) bond motifs is 2.